The van der Waals surface area contributed by atoms with Crippen LogP contribution in [0.2, 0.25) is 5.15 Å². The van der Waals surface area contributed by atoms with Crippen molar-refractivity contribution in [2.75, 3.05) is 0 Å². The molecule has 10 heavy (non-hydrogen) atoms. The van der Waals surface area contributed by atoms with Gasteiger partial charge in [-0.3, -0.25) is 0 Å². The van der Waals surface area contributed by atoms with Crippen LogP contribution in [-0.2, 0) is 0 Å². The van der Waals surface area contributed by atoms with Crippen molar-refractivity contribution in [2.45, 2.75) is 0 Å². The first-order valence-corrected chi connectivity index (χ1v) is 5.04. The van der Waals surface area contributed by atoms with Crippen LogP contribution in [0.3, 0.4) is 0 Å². The van der Waals surface area contributed by atoms with Gasteiger partial charge in [0, 0.05) is 0 Å². The highest BCUT2D eigenvalue weighted by atomic mass is 79.9. The van der Waals surface area contributed by atoms with E-state index in [0.717, 1.165) is 8.95 Å². The lowest BCUT2D eigenvalue weighted by atomic mass is 10.5. The topological polar surface area (TPSA) is 12.9 Å². The van der Waals surface area contributed by atoms with E-state index in [-0.39, 0.29) is 0 Å². The van der Waals surface area contributed by atoms with Crippen molar-refractivity contribution in [1.82, 2.24) is 4.98 Å². The summed E-state index contributed by atoms with van der Waals surface area (Å²) >= 11 is 15.4. The molecule has 0 spiro atoms. The maximum atomic E-state index is 5.68. The normalized spacial score (nSPS) is 10.0. The summed E-state index contributed by atoms with van der Waals surface area (Å²) in [6.45, 7) is 0. The van der Waals surface area contributed by atoms with Crippen molar-refractivity contribution in [3.05, 3.63) is 24.8 Å². The molecule has 0 atom stereocenters. The molecule has 1 aromatic heterocycles. The van der Waals surface area contributed by atoms with Gasteiger partial charge in [-0.25, -0.2) is 4.98 Å². The molecule has 0 aliphatic rings. The zero-order valence-corrected chi connectivity index (χ0v) is 10.1. The van der Waals surface area contributed by atoms with Crippen molar-refractivity contribution in [3.63, 3.8) is 0 Å². The Kier molecular flexibility index (Phi) is 3.16. The largest absolute Gasteiger partial charge is 0.227 e. The standard InChI is InChI=1S/C5HBr3ClN/c6-2-1-3(7)5(9)10-4(2)8/h1H. The predicted octanol–water partition coefficient (Wildman–Crippen LogP) is 4.02. The van der Waals surface area contributed by atoms with Crippen LogP contribution in [0.1, 0.15) is 0 Å². The molecule has 5 heteroatoms. The smallest absolute Gasteiger partial charge is 0.144 e. The maximum Gasteiger partial charge on any atom is 0.144 e. The van der Waals surface area contributed by atoms with E-state index >= 15 is 0 Å². The summed E-state index contributed by atoms with van der Waals surface area (Å²) in [7, 11) is 0. The molecule has 0 amide bonds. The Labute approximate surface area is 88.6 Å². The molecule has 1 heterocycles. The Morgan fingerprint density at radius 2 is 1.80 bits per heavy atom. The van der Waals surface area contributed by atoms with Gasteiger partial charge in [0.05, 0.1) is 8.95 Å². The van der Waals surface area contributed by atoms with Gasteiger partial charge >= 0.3 is 0 Å². The summed E-state index contributed by atoms with van der Waals surface area (Å²) in [6.07, 6.45) is 0. The van der Waals surface area contributed by atoms with Crippen LogP contribution in [-0.4, -0.2) is 4.98 Å². The van der Waals surface area contributed by atoms with Gasteiger partial charge in [-0.05, 0) is 53.9 Å². The number of pyridine rings is 1. The third-order valence-corrected chi connectivity index (χ3v) is 3.71. The van der Waals surface area contributed by atoms with E-state index in [1.807, 2.05) is 6.07 Å². The first-order valence-electron chi connectivity index (χ1n) is 2.28. The van der Waals surface area contributed by atoms with Crippen LogP contribution in [0.4, 0.5) is 0 Å². The lowest BCUT2D eigenvalue weighted by Crippen LogP contribution is -1.79. The van der Waals surface area contributed by atoms with Crippen molar-refractivity contribution in [1.29, 1.82) is 0 Å². The van der Waals surface area contributed by atoms with Crippen molar-refractivity contribution in [3.8, 4) is 0 Å². The summed E-state index contributed by atoms with van der Waals surface area (Å²) < 4.78 is 2.37. The molecule has 0 saturated carbocycles. The highest BCUT2D eigenvalue weighted by Crippen LogP contribution is 2.29. The molecular formula is C5HBr3ClN. The zero-order valence-electron chi connectivity index (χ0n) is 4.54. The van der Waals surface area contributed by atoms with Gasteiger partial charge < -0.3 is 0 Å². The van der Waals surface area contributed by atoms with E-state index in [0.29, 0.717) is 9.76 Å². The molecule has 1 aromatic rings. The number of hydrogen-bond donors (Lipinski definition) is 0. The molecular weight excluding hydrogens is 349 g/mol. The lowest BCUT2D eigenvalue weighted by Gasteiger charge is -1.97. The third kappa shape index (κ3) is 1.94. The van der Waals surface area contributed by atoms with E-state index in [4.69, 9.17) is 11.6 Å². The summed E-state index contributed by atoms with van der Waals surface area (Å²) in [6, 6.07) is 1.83. The van der Waals surface area contributed by atoms with Crippen LogP contribution in [0, 0.1) is 0 Å². The molecule has 0 saturated heterocycles. The molecule has 0 bridgehead atoms. The van der Waals surface area contributed by atoms with Crippen LogP contribution < -0.4 is 0 Å². The lowest BCUT2D eigenvalue weighted by molar-refractivity contribution is 1.24. The van der Waals surface area contributed by atoms with E-state index in [9.17, 15) is 0 Å². The fraction of sp³-hybridized carbons (Fsp3) is 0. The van der Waals surface area contributed by atoms with Crippen molar-refractivity contribution < 1.29 is 0 Å². The minimum Gasteiger partial charge on any atom is -0.227 e. The average Bonchev–Trinajstić information content (AvgIpc) is 1.84. The van der Waals surface area contributed by atoms with Gasteiger partial charge in [-0.2, -0.15) is 0 Å². The van der Waals surface area contributed by atoms with Gasteiger partial charge in [0.2, 0.25) is 0 Å². The first-order chi connectivity index (χ1) is 4.61. The number of rotatable bonds is 0. The summed E-state index contributed by atoms with van der Waals surface area (Å²) in [4.78, 5) is 3.96. The monoisotopic (exact) mass is 347 g/mol. The van der Waals surface area contributed by atoms with Gasteiger partial charge in [0.25, 0.3) is 0 Å². The van der Waals surface area contributed by atoms with Gasteiger partial charge in [-0.15, -0.1) is 0 Å². The molecule has 0 aromatic carbocycles. The Balaban J connectivity index is 3.28. The number of aromatic nitrogens is 1. The molecule has 0 aliphatic heterocycles. The first kappa shape index (κ1) is 8.97. The third-order valence-electron chi connectivity index (χ3n) is 0.844. The Morgan fingerprint density at radius 3 is 2.30 bits per heavy atom. The highest BCUT2D eigenvalue weighted by Gasteiger charge is 2.02. The van der Waals surface area contributed by atoms with Gasteiger partial charge in [0.15, 0.2) is 0 Å². The summed E-state index contributed by atoms with van der Waals surface area (Å²) in [5.41, 5.74) is 0. The maximum absolute atomic E-state index is 5.68. The summed E-state index contributed by atoms with van der Waals surface area (Å²) in [5.74, 6) is 0. The van der Waals surface area contributed by atoms with E-state index in [1.165, 1.54) is 0 Å². The van der Waals surface area contributed by atoms with E-state index in [1.54, 1.807) is 0 Å². The number of hydrogen-bond acceptors (Lipinski definition) is 1. The number of nitrogens with zero attached hydrogens (tertiary/aromatic N) is 1. The van der Waals surface area contributed by atoms with Crippen LogP contribution in [0.25, 0.3) is 0 Å². The highest BCUT2D eigenvalue weighted by molar-refractivity contribution is 9.13. The van der Waals surface area contributed by atoms with Crippen molar-refractivity contribution >= 4 is 59.4 Å². The second-order valence-electron chi connectivity index (χ2n) is 1.53. The minimum atomic E-state index is 0.454. The van der Waals surface area contributed by atoms with Gasteiger partial charge in [0.1, 0.15) is 9.76 Å². The molecule has 54 valence electrons. The molecule has 0 aliphatic carbocycles. The van der Waals surface area contributed by atoms with Crippen LogP contribution >= 0.6 is 59.4 Å². The molecule has 0 unspecified atom stereocenters. The Hall–Kier alpha value is 0.880. The quantitative estimate of drug-likeness (QED) is 0.644. The fourth-order valence-electron chi connectivity index (χ4n) is 0.423. The Bertz CT molecular complexity index is 213. The van der Waals surface area contributed by atoms with Crippen LogP contribution in [0.5, 0.6) is 0 Å². The second kappa shape index (κ2) is 3.52. The van der Waals surface area contributed by atoms with Gasteiger partial charge in [-0.1, -0.05) is 11.6 Å². The SMILES string of the molecule is Clc1nc(Br)c(Br)cc1Br. The van der Waals surface area contributed by atoms with Crippen LogP contribution in [0.15, 0.2) is 19.6 Å². The average molecular weight is 350 g/mol. The Morgan fingerprint density at radius 1 is 1.20 bits per heavy atom. The van der Waals surface area contributed by atoms with E-state index in [2.05, 4.69) is 52.8 Å². The predicted molar refractivity (Wildman–Crippen MR) is 52.3 cm³/mol. The molecule has 1 rings (SSSR count). The number of halogens is 4. The molecule has 1 nitrogen and oxygen atoms in total. The minimum absolute atomic E-state index is 0.454. The second-order valence-corrected chi connectivity index (χ2v) is 4.35. The zero-order chi connectivity index (χ0) is 7.72. The molecule has 0 N–H and O–H groups in total. The molecule has 0 fully saturated rings. The molecule has 0 radical (unpaired) electrons. The summed E-state index contributed by atoms with van der Waals surface area (Å²) in [5, 5.41) is 0.454. The van der Waals surface area contributed by atoms with Crippen molar-refractivity contribution in [2.24, 2.45) is 0 Å². The van der Waals surface area contributed by atoms with E-state index < -0.39 is 0 Å². The fourth-order valence-corrected chi connectivity index (χ4v) is 1.90.